The van der Waals surface area contributed by atoms with Gasteiger partial charge in [0.25, 0.3) is 0 Å². The van der Waals surface area contributed by atoms with E-state index in [-0.39, 0.29) is 6.61 Å². The van der Waals surface area contributed by atoms with Crippen LogP contribution in [-0.2, 0) is 6.42 Å². The van der Waals surface area contributed by atoms with E-state index < -0.39 is 0 Å². The molecule has 0 bridgehead atoms. The average molecular weight is 236 g/mol. The smallest absolute Gasteiger partial charge is 0.0471 e. The summed E-state index contributed by atoms with van der Waals surface area (Å²) in [6, 6.07) is 5.55. The van der Waals surface area contributed by atoms with E-state index in [2.05, 4.69) is 15.9 Å². The van der Waals surface area contributed by atoms with Gasteiger partial charge in [-0.15, -0.1) is 0 Å². The molecule has 1 rings (SSSR count). The second kappa shape index (κ2) is 4.10. The summed E-state index contributed by atoms with van der Waals surface area (Å²) in [6.45, 7) is 0.167. The molecule has 0 saturated carbocycles. The van der Waals surface area contributed by atoms with Gasteiger partial charge in [0, 0.05) is 16.1 Å². The molecule has 3 heteroatoms. The topological polar surface area (TPSA) is 20.2 Å². The van der Waals surface area contributed by atoms with E-state index in [0.29, 0.717) is 11.4 Å². The molecular formula is C8H8BrClO. The molecule has 0 aliphatic carbocycles. The van der Waals surface area contributed by atoms with Crippen LogP contribution in [0.25, 0.3) is 0 Å². The number of halogens is 2. The number of rotatable bonds is 2. The van der Waals surface area contributed by atoms with Gasteiger partial charge in [-0.05, 0) is 24.1 Å². The Morgan fingerprint density at radius 2 is 2.18 bits per heavy atom. The van der Waals surface area contributed by atoms with Crippen molar-refractivity contribution in [2.75, 3.05) is 6.61 Å². The fourth-order valence-electron chi connectivity index (χ4n) is 0.845. The highest BCUT2D eigenvalue weighted by atomic mass is 79.9. The molecule has 0 amide bonds. The van der Waals surface area contributed by atoms with Gasteiger partial charge in [-0.2, -0.15) is 0 Å². The molecule has 0 aliphatic heterocycles. The standard InChI is InChI=1S/C8H8BrClO/c9-8-5-7(10)2-1-6(8)3-4-11/h1-2,5,11H,3-4H2. The molecule has 11 heavy (non-hydrogen) atoms. The lowest BCUT2D eigenvalue weighted by molar-refractivity contribution is 0.299. The summed E-state index contributed by atoms with van der Waals surface area (Å²) in [5.74, 6) is 0. The first-order valence-corrected chi connectivity index (χ1v) is 4.46. The molecule has 0 heterocycles. The van der Waals surface area contributed by atoms with Gasteiger partial charge in [0.15, 0.2) is 0 Å². The van der Waals surface area contributed by atoms with Crippen LogP contribution in [0, 0.1) is 0 Å². The van der Waals surface area contributed by atoms with Crippen molar-refractivity contribution in [1.82, 2.24) is 0 Å². The molecule has 1 N–H and O–H groups in total. The van der Waals surface area contributed by atoms with Crippen LogP contribution >= 0.6 is 27.5 Å². The molecule has 0 fully saturated rings. The van der Waals surface area contributed by atoms with E-state index >= 15 is 0 Å². The molecule has 60 valence electrons. The number of aliphatic hydroxyl groups excluding tert-OH is 1. The lowest BCUT2D eigenvalue weighted by atomic mass is 10.2. The Bertz CT molecular complexity index is 250. The van der Waals surface area contributed by atoms with Crippen molar-refractivity contribution in [2.45, 2.75) is 6.42 Å². The lowest BCUT2D eigenvalue weighted by Gasteiger charge is -2.01. The van der Waals surface area contributed by atoms with Crippen LogP contribution in [0.3, 0.4) is 0 Å². The van der Waals surface area contributed by atoms with Crippen molar-refractivity contribution in [2.24, 2.45) is 0 Å². The van der Waals surface area contributed by atoms with Gasteiger partial charge in [-0.1, -0.05) is 33.6 Å². The second-order valence-electron chi connectivity index (χ2n) is 2.21. The Morgan fingerprint density at radius 1 is 1.45 bits per heavy atom. The Hall–Kier alpha value is -0.0500. The minimum Gasteiger partial charge on any atom is -0.396 e. The molecule has 0 aliphatic rings. The van der Waals surface area contributed by atoms with E-state index in [1.807, 2.05) is 18.2 Å². The third-order valence-electron chi connectivity index (χ3n) is 1.40. The fraction of sp³-hybridized carbons (Fsp3) is 0.250. The third-order valence-corrected chi connectivity index (χ3v) is 2.37. The maximum atomic E-state index is 8.66. The minimum absolute atomic E-state index is 0.167. The van der Waals surface area contributed by atoms with E-state index in [4.69, 9.17) is 16.7 Å². The first-order chi connectivity index (χ1) is 5.24. The number of hydrogen-bond donors (Lipinski definition) is 1. The molecule has 1 nitrogen and oxygen atoms in total. The third kappa shape index (κ3) is 2.47. The highest BCUT2D eigenvalue weighted by Crippen LogP contribution is 2.21. The Kier molecular flexibility index (Phi) is 3.37. The van der Waals surface area contributed by atoms with Gasteiger partial charge in [-0.25, -0.2) is 0 Å². The average Bonchev–Trinajstić information content (AvgIpc) is 1.95. The normalized spacial score (nSPS) is 10.1. The highest BCUT2D eigenvalue weighted by molar-refractivity contribution is 9.10. The van der Waals surface area contributed by atoms with Crippen LogP contribution in [-0.4, -0.2) is 11.7 Å². The number of benzene rings is 1. The zero-order valence-electron chi connectivity index (χ0n) is 5.85. The molecule has 0 atom stereocenters. The van der Waals surface area contributed by atoms with Crippen molar-refractivity contribution in [3.63, 3.8) is 0 Å². The lowest BCUT2D eigenvalue weighted by Crippen LogP contribution is -1.90. The predicted octanol–water partition coefficient (Wildman–Crippen LogP) is 2.64. The fourth-order valence-corrected chi connectivity index (χ4v) is 1.73. The van der Waals surface area contributed by atoms with E-state index in [0.717, 1.165) is 10.0 Å². The van der Waals surface area contributed by atoms with Crippen molar-refractivity contribution in [3.8, 4) is 0 Å². The van der Waals surface area contributed by atoms with Gasteiger partial charge in [-0.3, -0.25) is 0 Å². The highest BCUT2D eigenvalue weighted by Gasteiger charge is 1.98. The molecule has 0 aromatic heterocycles. The van der Waals surface area contributed by atoms with Crippen LogP contribution < -0.4 is 0 Å². The predicted molar refractivity (Wildman–Crippen MR) is 49.9 cm³/mol. The molecule has 0 spiro atoms. The maximum Gasteiger partial charge on any atom is 0.0471 e. The van der Waals surface area contributed by atoms with Gasteiger partial charge in [0.2, 0.25) is 0 Å². The molecular weight excluding hydrogens is 227 g/mol. The zero-order chi connectivity index (χ0) is 8.27. The number of aliphatic hydroxyl groups is 1. The molecule has 0 radical (unpaired) electrons. The Morgan fingerprint density at radius 3 is 2.73 bits per heavy atom. The van der Waals surface area contributed by atoms with Crippen LogP contribution in [0.5, 0.6) is 0 Å². The summed E-state index contributed by atoms with van der Waals surface area (Å²) in [5.41, 5.74) is 1.08. The maximum absolute atomic E-state index is 8.66. The van der Waals surface area contributed by atoms with Gasteiger partial charge >= 0.3 is 0 Å². The molecule has 0 saturated heterocycles. The van der Waals surface area contributed by atoms with Crippen LogP contribution in [0.4, 0.5) is 0 Å². The van der Waals surface area contributed by atoms with E-state index in [1.165, 1.54) is 0 Å². The largest absolute Gasteiger partial charge is 0.396 e. The second-order valence-corrected chi connectivity index (χ2v) is 3.50. The summed E-state index contributed by atoms with van der Waals surface area (Å²) >= 11 is 9.08. The summed E-state index contributed by atoms with van der Waals surface area (Å²) in [7, 11) is 0. The molecule has 0 unspecified atom stereocenters. The van der Waals surface area contributed by atoms with Crippen molar-refractivity contribution < 1.29 is 5.11 Å². The van der Waals surface area contributed by atoms with Gasteiger partial charge in [0.1, 0.15) is 0 Å². The van der Waals surface area contributed by atoms with E-state index in [9.17, 15) is 0 Å². The monoisotopic (exact) mass is 234 g/mol. The summed E-state index contributed by atoms with van der Waals surface area (Å²) in [5, 5.41) is 9.37. The first-order valence-electron chi connectivity index (χ1n) is 3.29. The van der Waals surface area contributed by atoms with E-state index in [1.54, 1.807) is 0 Å². The van der Waals surface area contributed by atoms with Crippen LogP contribution in [0.15, 0.2) is 22.7 Å². The van der Waals surface area contributed by atoms with Crippen LogP contribution in [0.1, 0.15) is 5.56 Å². The van der Waals surface area contributed by atoms with Crippen molar-refractivity contribution in [1.29, 1.82) is 0 Å². The van der Waals surface area contributed by atoms with Gasteiger partial charge < -0.3 is 5.11 Å². The molecule has 1 aromatic rings. The first kappa shape index (κ1) is 9.04. The Labute approximate surface area is 79.1 Å². The minimum atomic E-state index is 0.167. The van der Waals surface area contributed by atoms with Crippen molar-refractivity contribution >= 4 is 27.5 Å². The van der Waals surface area contributed by atoms with Gasteiger partial charge in [0.05, 0.1) is 0 Å². The summed E-state index contributed by atoms with van der Waals surface area (Å²) < 4.78 is 0.957. The number of hydrogen-bond acceptors (Lipinski definition) is 1. The zero-order valence-corrected chi connectivity index (χ0v) is 8.19. The van der Waals surface area contributed by atoms with Crippen molar-refractivity contribution in [3.05, 3.63) is 33.3 Å². The van der Waals surface area contributed by atoms with Crippen LogP contribution in [0.2, 0.25) is 5.02 Å². The summed E-state index contributed by atoms with van der Waals surface area (Å²) in [6.07, 6.45) is 0.664. The Balaban J connectivity index is 2.90. The quantitative estimate of drug-likeness (QED) is 0.835. The summed E-state index contributed by atoms with van der Waals surface area (Å²) in [4.78, 5) is 0. The SMILES string of the molecule is OCCc1ccc(Cl)cc1Br. The molecule has 1 aromatic carbocycles.